The van der Waals surface area contributed by atoms with Crippen LogP contribution in [0, 0.1) is 0 Å². The van der Waals surface area contributed by atoms with Gasteiger partial charge in [-0.15, -0.1) is 11.3 Å². The van der Waals surface area contributed by atoms with E-state index in [0.29, 0.717) is 39.4 Å². The Morgan fingerprint density at radius 2 is 1.76 bits per heavy atom. The molecule has 2 aromatic carbocycles. The molecule has 9 heteroatoms. The summed E-state index contributed by atoms with van der Waals surface area (Å²) >= 11 is 13.2. The molecule has 1 aliphatic heterocycles. The van der Waals surface area contributed by atoms with Crippen LogP contribution in [-0.2, 0) is 0 Å². The van der Waals surface area contributed by atoms with Gasteiger partial charge in [0.2, 0.25) is 0 Å². The van der Waals surface area contributed by atoms with E-state index in [1.54, 1.807) is 43.5 Å². The molecule has 0 bridgehead atoms. The van der Waals surface area contributed by atoms with Crippen LogP contribution in [0.2, 0.25) is 9.36 Å². The third-order valence-electron chi connectivity index (χ3n) is 5.65. The molecule has 0 aliphatic carbocycles. The Morgan fingerprint density at radius 3 is 2.39 bits per heavy atom. The molecule has 4 rings (SSSR count). The largest absolute Gasteiger partial charge is 0.497 e. The number of carbonyl (C=O) groups is 2. The zero-order valence-corrected chi connectivity index (χ0v) is 20.2. The lowest BCUT2D eigenvalue weighted by Crippen LogP contribution is -2.52. The SMILES string of the molecule is COc1ccc(C2CN(C(=O)c3ccc(Cl)s3)CCC2NC(=O)Nc2ccc(Cl)cc2)cc1. The average molecular weight is 504 g/mol. The molecule has 6 nitrogen and oxygen atoms in total. The lowest BCUT2D eigenvalue weighted by Gasteiger charge is -2.39. The Kier molecular flexibility index (Phi) is 7.42. The van der Waals surface area contributed by atoms with Gasteiger partial charge >= 0.3 is 6.03 Å². The quantitative estimate of drug-likeness (QED) is 0.456. The fourth-order valence-electron chi connectivity index (χ4n) is 3.95. The number of carbonyl (C=O) groups excluding carboxylic acids is 2. The Bertz CT molecular complexity index is 1120. The van der Waals surface area contributed by atoms with Crippen LogP contribution in [0.3, 0.4) is 0 Å². The molecule has 1 aliphatic rings. The van der Waals surface area contributed by atoms with Gasteiger partial charge in [0.1, 0.15) is 5.75 Å². The van der Waals surface area contributed by atoms with Crippen molar-refractivity contribution < 1.29 is 14.3 Å². The average Bonchev–Trinajstić information content (AvgIpc) is 3.26. The molecule has 1 fully saturated rings. The molecule has 2 heterocycles. The van der Waals surface area contributed by atoms with Crippen molar-refractivity contribution in [3.05, 3.63) is 80.5 Å². The Morgan fingerprint density at radius 1 is 1.03 bits per heavy atom. The third kappa shape index (κ3) is 5.79. The second-order valence-electron chi connectivity index (χ2n) is 7.74. The van der Waals surface area contributed by atoms with Crippen molar-refractivity contribution in [2.24, 2.45) is 0 Å². The number of benzene rings is 2. The first-order valence-electron chi connectivity index (χ1n) is 10.4. The van der Waals surface area contributed by atoms with Gasteiger partial charge in [-0.2, -0.15) is 0 Å². The second kappa shape index (κ2) is 10.5. The monoisotopic (exact) mass is 503 g/mol. The van der Waals surface area contributed by atoms with E-state index in [2.05, 4.69) is 10.6 Å². The number of urea groups is 1. The van der Waals surface area contributed by atoms with Crippen LogP contribution in [0.25, 0.3) is 0 Å². The molecule has 2 N–H and O–H groups in total. The van der Waals surface area contributed by atoms with E-state index in [-0.39, 0.29) is 23.9 Å². The number of nitrogens with one attached hydrogen (secondary N) is 2. The molecule has 3 amide bonds. The first kappa shape index (κ1) is 23.4. The topological polar surface area (TPSA) is 70.7 Å². The van der Waals surface area contributed by atoms with Gasteiger partial charge in [-0.25, -0.2) is 4.79 Å². The molecule has 2 unspecified atom stereocenters. The minimum absolute atomic E-state index is 0.0468. The van der Waals surface area contributed by atoms with Gasteiger partial charge in [0.05, 0.1) is 16.3 Å². The highest BCUT2D eigenvalue weighted by Gasteiger charge is 2.34. The first-order chi connectivity index (χ1) is 15.9. The summed E-state index contributed by atoms with van der Waals surface area (Å²) < 4.78 is 5.86. The number of anilines is 1. The van der Waals surface area contributed by atoms with Crippen LogP contribution in [0.1, 0.15) is 27.6 Å². The first-order valence-corrected chi connectivity index (χ1v) is 12.0. The Balaban J connectivity index is 1.51. The van der Waals surface area contributed by atoms with E-state index < -0.39 is 0 Å². The number of hydrogen-bond donors (Lipinski definition) is 2. The maximum absolute atomic E-state index is 13.0. The predicted molar refractivity (Wildman–Crippen MR) is 133 cm³/mol. The van der Waals surface area contributed by atoms with Gasteiger partial charge in [0.15, 0.2) is 0 Å². The fraction of sp³-hybridized carbons (Fsp3) is 0.250. The van der Waals surface area contributed by atoms with Gasteiger partial charge in [0, 0.05) is 35.8 Å². The van der Waals surface area contributed by atoms with E-state index in [1.807, 2.05) is 29.2 Å². The summed E-state index contributed by atoms with van der Waals surface area (Å²) in [4.78, 5) is 28.2. The molecular formula is C24H23Cl2N3O3S. The molecule has 1 saturated heterocycles. The van der Waals surface area contributed by atoms with Crippen LogP contribution in [-0.4, -0.2) is 43.1 Å². The predicted octanol–water partition coefficient (Wildman–Crippen LogP) is 5.88. The van der Waals surface area contributed by atoms with Crippen molar-refractivity contribution >= 4 is 52.2 Å². The molecule has 3 aromatic rings. The second-order valence-corrected chi connectivity index (χ2v) is 9.89. The standard InChI is InChI=1S/C24H23Cl2N3O3S/c1-32-18-8-2-15(3-9-18)19-14-29(23(30)21-10-11-22(26)33-21)13-12-20(19)28-24(31)27-17-6-4-16(25)5-7-17/h2-11,19-20H,12-14H2,1H3,(H2,27,28,31). The summed E-state index contributed by atoms with van der Waals surface area (Å²) in [5, 5.41) is 6.54. The minimum atomic E-state index is -0.300. The fourth-order valence-corrected chi connectivity index (χ4v) is 5.09. The lowest BCUT2D eigenvalue weighted by atomic mass is 9.85. The van der Waals surface area contributed by atoms with Gasteiger partial charge in [-0.1, -0.05) is 35.3 Å². The summed E-state index contributed by atoms with van der Waals surface area (Å²) in [5.41, 5.74) is 1.68. The van der Waals surface area contributed by atoms with Crippen LogP contribution in [0.4, 0.5) is 10.5 Å². The number of piperidine rings is 1. The number of amides is 3. The van der Waals surface area contributed by atoms with Crippen molar-refractivity contribution in [3.8, 4) is 5.75 Å². The van der Waals surface area contributed by atoms with Crippen molar-refractivity contribution in [1.29, 1.82) is 0 Å². The van der Waals surface area contributed by atoms with Gasteiger partial charge in [-0.3, -0.25) is 4.79 Å². The number of nitrogens with zero attached hydrogens (tertiary/aromatic N) is 1. The number of methoxy groups -OCH3 is 1. The normalized spacial score (nSPS) is 18.0. The van der Waals surface area contributed by atoms with Crippen LogP contribution in [0.5, 0.6) is 5.75 Å². The Labute approximate surface area is 206 Å². The summed E-state index contributed by atoms with van der Waals surface area (Å²) in [6.07, 6.45) is 0.621. The molecule has 1 aromatic heterocycles. The number of hydrogen-bond acceptors (Lipinski definition) is 4. The highest BCUT2D eigenvalue weighted by atomic mass is 35.5. The molecule has 0 radical (unpaired) electrons. The zero-order valence-electron chi connectivity index (χ0n) is 17.9. The molecular weight excluding hydrogens is 481 g/mol. The van der Waals surface area contributed by atoms with E-state index in [9.17, 15) is 9.59 Å². The third-order valence-corrected chi connectivity index (χ3v) is 7.12. The van der Waals surface area contributed by atoms with Crippen molar-refractivity contribution in [2.45, 2.75) is 18.4 Å². The van der Waals surface area contributed by atoms with E-state index in [0.717, 1.165) is 11.3 Å². The molecule has 2 atom stereocenters. The molecule has 172 valence electrons. The molecule has 0 saturated carbocycles. The summed E-state index contributed by atoms with van der Waals surface area (Å²) in [7, 11) is 1.62. The number of thiophene rings is 1. The van der Waals surface area contributed by atoms with Crippen LogP contribution >= 0.6 is 34.5 Å². The molecule has 33 heavy (non-hydrogen) atoms. The lowest BCUT2D eigenvalue weighted by molar-refractivity contribution is 0.0690. The number of rotatable bonds is 5. The highest BCUT2D eigenvalue weighted by molar-refractivity contribution is 7.17. The Hall–Kier alpha value is -2.74. The number of likely N-dealkylation sites (tertiary alicyclic amines) is 1. The van der Waals surface area contributed by atoms with Crippen LogP contribution < -0.4 is 15.4 Å². The minimum Gasteiger partial charge on any atom is -0.497 e. The van der Waals surface area contributed by atoms with E-state index >= 15 is 0 Å². The van der Waals surface area contributed by atoms with E-state index in [1.165, 1.54) is 11.3 Å². The van der Waals surface area contributed by atoms with E-state index in [4.69, 9.17) is 27.9 Å². The number of halogens is 2. The van der Waals surface area contributed by atoms with Gasteiger partial charge in [0.25, 0.3) is 5.91 Å². The maximum Gasteiger partial charge on any atom is 0.319 e. The number of ether oxygens (including phenoxy) is 1. The van der Waals surface area contributed by atoms with Crippen molar-refractivity contribution in [2.75, 3.05) is 25.5 Å². The summed E-state index contributed by atoms with van der Waals surface area (Å²) in [6.45, 7) is 1.01. The summed E-state index contributed by atoms with van der Waals surface area (Å²) in [5.74, 6) is 0.621. The summed E-state index contributed by atoms with van der Waals surface area (Å²) in [6, 6.07) is 17.7. The van der Waals surface area contributed by atoms with Gasteiger partial charge in [-0.05, 0) is 60.5 Å². The smallest absolute Gasteiger partial charge is 0.319 e. The van der Waals surface area contributed by atoms with Gasteiger partial charge < -0.3 is 20.3 Å². The molecule has 0 spiro atoms. The van der Waals surface area contributed by atoms with Crippen molar-refractivity contribution in [3.63, 3.8) is 0 Å². The maximum atomic E-state index is 13.0. The van der Waals surface area contributed by atoms with Crippen LogP contribution in [0.15, 0.2) is 60.7 Å². The highest BCUT2D eigenvalue weighted by Crippen LogP contribution is 2.31. The zero-order chi connectivity index (χ0) is 23.4. The van der Waals surface area contributed by atoms with Crippen molar-refractivity contribution in [1.82, 2.24) is 10.2 Å².